The summed E-state index contributed by atoms with van der Waals surface area (Å²) in [7, 11) is 0. The molecule has 1 aliphatic heterocycles. The molecule has 0 bridgehead atoms. The van der Waals surface area contributed by atoms with E-state index in [4.69, 9.17) is 0 Å². The fourth-order valence-corrected chi connectivity index (χ4v) is 3.62. The lowest BCUT2D eigenvalue weighted by molar-refractivity contribution is 0.142. The van der Waals surface area contributed by atoms with Gasteiger partial charge in [-0.05, 0) is 30.7 Å². The fraction of sp³-hybridized carbons (Fsp3) is 1.00. The number of rotatable bonds is 8. The Morgan fingerprint density at radius 1 is 1.17 bits per heavy atom. The van der Waals surface area contributed by atoms with Crippen LogP contribution in [0.2, 0.25) is 0 Å². The van der Waals surface area contributed by atoms with Crippen LogP contribution in [0.4, 0.5) is 0 Å². The molecule has 3 heteroatoms. The quantitative estimate of drug-likeness (QED) is 0.731. The summed E-state index contributed by atoms with van der Waals surface area (Å²) >= 11 is 2.10. The van der Waals surface area contributed by atoms with E-state index in [9.17, 15) is 0 Å². The Morgan fingerprint density at radius 2 is 1.78 bits per heavy atom. The smallest absolute Gasteiger partial charge is 0.00729 e. The van der Waals surface area contributed by atoms with E-state index in [0.717, 1.165) is 12.5 Å². The van der Waals surface area contributed by atoms with Gasteiger partial charge in [-0.1, -0.05) is 27.7 Å². The Labute approximate surface area is 118 Å². The molecule has 1 aliphatic rings. The molecule has 0 amide bonds. The van der Waals surface area contributed by atoms with Gasteiger partial charge in [0.2, 0.25) is 0 Å². The molecule has 18 heavy (non-hydrogen) atoms. The molecule has 0 saturated carbocycles. The lowest BCUT2D eigenvalue weighted by atomic mass is 9.81. The van der Waals surface area contributed by atoms with Gasteiger partial charge < -0.3 is 10.2 Å². The van der Waals surface area contributed by atoms with E-state index in [2.05, 4.69) is 49.7 Å². The zero-order valence-electron chi connectivity index (χ0n) is 12.8. The van der Waals surface area contributed by atoms with Gasteiger partial charge in [-0.15, -0.1) is 0 Å². The Hall–Kier alpha value is 0.270. The van der Waals surface area contributed by atoms with Crippen LogP contribution in [0.3, 0.4) is 0 Å². The van der Waals surface area contributed by atoms with E-state index < -0.39 is 0 Å². The first-order chi connectivity index (χ1) is 8.62. The van der Waals surface area contributed by atoms with Crippen molar-refractivity contribution in [2.75, 3.05) is 44.2 Å². The Balaban J connectivity index is 2.44. The zero-order valence-corrected chi connectivity index (χ0v) is 13.6. The molecule has 0 radical (unpaired) electrons. The minimum absolute atomic E-state index is 0.483. The molecule has 1 N–H and O–H groups in total. The van der Waals surface area contributed by atoms with Crippen molar-refractivity contribution in [3.05, 3.63) is 0 Å². The SMILES string of the molecule is CCC(CC)(CNCC(C)C)CN1CCSCC1. The first-order valence-corrected chi connectivity index (χ1v) is 8.78. The van der Waals surface area contributed by atoms with Crippen molar-refractivity contribution in [3.63, 3.8) is 0 Å². The molecule has 1 saturated heterocycles. The molecule has 0 unspecified atom stereocenters. The van der Waals surface area contributed by atoms with Crippen LogP contribution in [0.15, 0.2) is 0 Å². The molecule has 1 rings (SSSR count). The molecule has 0 aromatic heterocycles. The summed E-state index contributed by atoms with van der Waals surface area (Å²) in [5.74, 6) is 3.40. The van der Waals surface area contributed by atoms with E-state index in [0.29, 0.717) is 5.41 Å². The van der Waals surface area contributed by atoms with Crippen LogP contribution in [0.5, 0.6) is 0 Å². The van der Waals surface area contributed by atoms with Crippen molar-refractivity contribution < 1.29 is 0 Å². The highest BCUT2D eigenvalue weighted by Crippen LogP contribution is 2.28. The largest absolute Gasteiger partial charge is 0.316 e. The second kappa shape index (κ2) is 8.44. The van der Waals surface area contributed by atoms with Gasteiger partial charge in [0.25, 0.3) is 0 Å². The third kappa shape index (κ3) is 5.50. The van der Waals surface area contributed by atoms with Crippen LogP contribution < -0.4 is 5.32 Å². The van der Waals surface area contributed by atoms with Gasteiger partial charge >= 0.3 is 0 Å². The maximum Gasteiger partial charge on any atom is 0.00729 e. The van der Waals surface area contributed by atoms with Crippen molar-refractivity contribution in [3.8, 4) is 0 Å². The summed E-state index contributed by atoms with van der Waals surface area (Å²) in [6.45, 7) is 15.5. The van der Waals surface area contributed by atoms with Crippen LogP contribution in [0.25, 0.3) is 0 Å². The maximum absolute atomic E-state index is 3.69. The summed E-state index contributed by atoms with van der Waals surface area (Å²) in [6, 6.07) is 0. The fourth-order valence-electron chi connectivity index (χ4n) is 2.64. The van der Waals surface area contributed by atoms with Crippen LogP contribution >= 0.6 is 11.8 Å². The molecule has 0 aromatic rings. The molecule has 1 heterocycles. The first-order valence-electron chi connectivity index (χ1n) is 7.62. The van der Waals surface area contributed by atoms with Crippen LogP contribution in [0.1, 0.15) is 40.5 Å². The minimum Gasteiger partial charge on any atom is -0.316 e. The molecule has 2 nitrogen and oxygen atoms in total. The predicted molar refractivity (Wildman–Crippen MR) is 84.5 cm³/mol. The number of hydrogen-bond donors (Lipinski definition) is 1. The summed E-state index contributed by atoms with van der Waals surface area (Å²) in [5.41, 5.74) is 0.483. The monoisotopic (exact) mass is 272 g/mol. The summed E-state index contributed by atoms with van der Waals surface area (Å²) < 4.78 is 0. The van der Waals surface area contributed by atoms with Crippen molar-refractivity contribution in [2.24, 2.45) is 11.3 Å². The minimum atomic E-state index is 0.483. The van der Waals surface area contributed by atoms with Gasteiger partial charge in [0.05, 0.1) is 0 Å². The second-order valence-electron chi connectivity index (χ2n) is 6.12. The number of nitrogens with zero attached hydrogens (tertiary/aromatic N) is 1. The summed E-state index contributed by atoms with van der Waals surface area (Å²) in [6.07, 6.45) is 2.58. The van der Waals surface area contributed by atoms with E-state index in [-0.39, 0.29) is 0 Å². The second-order valence-corrected chi connectivity index (χ2v) is 7.35. The predicted octanol–water partition coefficient (Wildman–Crippen LogP) is 3.09. The zero-order chi connectivity index (χ0) is 13.4. The first kappa shape index (κ1) is 16.3. The summed E-state index contributed by atoms with van der Waals surface area (Å²) in [5, 5.41) is 3.69. The van der Waals surface area contributed by atoms with Gasteiger partial charge in [0.1, 0.15) is 0 Å². The molecule has 0 aromatic carbocycles. The van der Waals surface area contributed by atoms with Gasteiger partial charge in [-0.3, -0.25) is 0 Å². The van der Waals surface area contributed by atoms with Crippen molar-refractivity contribution in [1.29, 1.82) is 0 Å². The van der Waals surface area contributed by atoms with Gasteiger partial charge in [0.15, 0.2) is 0 Å². The standard InChI is InChI=1S/C15H32N2S/c1-5-15(6-2,12-16-11-14(3)4)13-17-7-9-18-10-8-17/h14,16H,5-13H2,1-4H3. The van der Waals surface area contributed by atoms with Crippen LogP contribution in [-0.4, -0.2) is 49.1 Å². The topological polar surface area (TPSA) is 15.3 Å². The van der Waals surface area contributed by atoms with Gasteiger partial charge in [0, 0.05) is 37.7 Å². The molecular weight excluding hydrogens is 240 g/mol. The Morgan fingerprint density at radius 3 is 2.28 bits per heavy atom. The van der Waals surface area contributed by atoms with Gasteiger partial charge in [-0.2, -0.15) is 11.8 Å². The highest BCUT2D eigenvalue weighted by Gasteiger charge is 2.29. The van der Waals surface area contributed by atoms with E-state index in [1.807, 2.05) is 0 Å². The number of thioether (sulfide) groups is 1. The Kier molecular flexibility index (Phi) is 7.66. The normalized spacial score (nSPS) is 18.5. The number of nitrogens with one attached hydrogen (secondary N) is 1. The molecule has 0 aliphatic carbocycles. The van der Waals surface area contributed by atoms with Crippen LogP contribution in [-0.2, 0) is 0 Å². The average Bonchev–Trinajstić information content (AvgIpc) is 2.38. The van der Waals surface area contributed by atoms with E-state index in [1.165, 1.54) is 50.5 Å². The molecule has 0 spiro atoms. The van der Waals surface area contributed by atoms with Crippen molar-refractivity contribution >= 4 is 11.8 Å². The summed E-state index contributed by atoms with van der Waals surface area (Å²) in [4.78, 5) is 2.68. The van der Waals surface area contributed by atoms with Crippen LogP contribution in [0, 0.1) is 11.3 Å². The number of hydrogen-bond acceptors (Lipinski definition) is 3. The van der Waals surface area contributed by atoms with Crippen molar-refractivity contribution in [2.45, 2.75) is 40.5 Å². The molecule has 0 atom stereocenters. The Bertz CT molecular complexity index is 209. The third-order valence-corrected chi connectivity index (χ3v) is 5.16. The molecule has 1 fully saturated rings. The molecular formula is C15H32N2S. The van der Waals surface area contributed by atoms with E-state index in [1.54, 1.807) is 0 Å². The lowest BCUT2D eigenvalue weighted by Crippen LogP contribution is -2.46. The maximum atomic E-state index is 3.69. The molecule has 108 valence electrons. The van der Waals surface area contributed by atoms with Gasteiger partial charge in [-0.25, -0.2) is 0 Å². The highest BCUT2D eigenvalue weighted by atomic mass is 32.2. The third-order valence-electron chi connectivity index (χ3n) is 4.22. The van der Waals surface area contributed by atoms with Crippen molar-refractivity contribution in [1.82, 2.24) is 10.2 Å². The lowest BCUT2D eigenvalue weighted by Gasteiger charge is -2.39. The average molecular weight is 273 g/mol. The highest BCUT2D eigenvalue weighted by molar-refractivity contribution is 7.99. The van der Waals surface area contributed by atoms with E-state index >= 15 is 0 Å².